The van der Waals surface area contributed by atoms with Gasteiger partial charge < -0.3 is 30.9 Å². The molecule has 2 aliphatic heterocycles. The van der Waals surface area contributed by atoms with Crippen LogP contribution in [0.15, 0.2) is 54.7 Å². The van der Waals surface area contributed by atoms with Gasteiger partial charge in [-0.2, -0.15) is 0 Å². The first-order chi connectivity index (χ1) is 22.0. The fourth-order valence-electron chi connectivity index (χ4n) is 6.92. The minimum absolute atomic E-state index is 0.00755. The quantitative estimate of drug-likeness (QED) is 0.298. The number of rotatable bonds is 8. The molecule has 46 heavy (non-hydrogen) atoms. The Morgan fingerprint density at radius 1 is 1.02 bits per heavy atom. The van der Waals surface area contributed by atoms with Crippen molar-refractivity contribution >= 4 is 35.3 Å². The highest BCUT2D eigenvalue weighted by Crippen LogP contribution is 2.47. The van der Waals surface area contributed by atoms with E-state index < -0.39 is 28.6 Å². The summed E-state index contributed by atoms with van der Waals surface area (Å²) in [5.41, 5.74) is 2.95. The fourth-order valence-corrected chi connectivity index (χ4v) is 6.92. The number of pyridine rings is 1. The van der Waals surface area contributed by atoms with E-state index in [1.54, 1.807) is 12.3 Å². The summed E-state index contributed by atoms with van der Waals surface area (Å²) in [4.78, 5) is 59.0. The number of anilines is 2. The van der Waals surface area contributed by atoms with Crippen LogP contribution in [-0.4, -0.2) is 70.4 Å². The summed E-state index contributed by atoms with van der Waals surface area (Å²) in [5.74, 6) is -0.621. The monoisotopic (exact) mass is 628 g/mol. The predicted molar refractivity (Wildman–Crippen MR) is 169 cm³/mol. The molecule has 240 valence electrons. The Morgan fingerprint density at radius 2 is 1.78 bits per heavy atom. The molecule has 1 aromatic heterocycles. The van der Waals surface area contributed by atoms with Crippen LogP contribution in [-0.2, 0) is 45.7 Å². The second kappa shape index (κ2) is 12.2. The molecule has 0 unspecified atom stereocenters. The number of hydrogen-bond donors (Lipinski definition) is 4. The minimum Gasteiger partial charge on any atom is -0.465 e. The van der Waals surface area contributed by atoms with E-state index in [1.165, 1.54) is 30.1 Å². The third-order valence-corrected chi connectivity index (χ3v) is 9.57. The van der Waals surface area contributed by atoms with E-state index in [-0.39, 0.29) is 31.4 Å². The number of piperidine rings is 1. The number of fused-ring (bicyclic) bond motifs is 3. The molecular weight excluding hydrogens is 591 g/mol. The van der Waals surface area contributed by atoms with Gasteiger partial charge in [0.2, 0.25) is 17.7 Å². The van der Waals surface area contributed by atoms with Gasteiger partial charge in [-0.3, -0.25) is 14.4 Å². The number of carbonyl (C=O) groups is 4. The van der Waals surface area contributed by atoms with Crippen LogP contribution in [0.3, 0.4) is 0 Å². The molecule has 1 fully saturated rings. The zero-order valence-electron chi connectivity index (χ0n) is 25.9. The maximum atomic E-state index is 14.2. The molecule has 0 saturated carbocycles. The zero-order chi connectivity index (χ0) is 32.6. The van der Waals surface area contributed by atoms with E-state index in [2.05, 4.69) is 20.9 Å². The van der Waals surface area contributed by atoms with Crippen molar-refractivity contribution in [1.29, 1.82) is 0 Å². The summed E-state index contributed by atoms with van der Waals surface area (Å²) < 4.78 is 14.2. The molecule has 3 aliphatic rings. The minimum atomic E-state index is -1.17. The smallest absolute Gasteiger partial charge is 0.407 e. The Balaban J connectivity index is 1.22. The number of nitrogens with one attached hydrogen (secondary N) is 3. The van der Waals surface area contributed by atoms with Crippen molar-refractivity contribution in [3.05, 3.63) is 88.4 Å². The van der Waals surface area contributed by atoms with Crippen LogP contribution in [0, 0.1) is 11.2 Å². The van der Waals surface area contributed by atoms with Gasteiger partial charge in [0, 0.05) is 43.0 Å². The van der Waals surface area contributed by atoms with Gasteiger partial charge in [0.1, 0.15) is 18.2 Å². The van der Waals surface area contributed by atoms with Crippen molar-refractivity contribution in [2.45, 2.75) is 51.1 Å². The molecule has 4 amide bonds. The maximum Gasteiger partial charge on any atom is 0.407 e. The van der Waals surface area contributed by atoms with E-state index in [0.29, 0.717) is 61.4 Å². The van der Waals surface area contributed by atoms with E-state index in [4.69, 9.17) is 0 Å². The Kier molecular flexibility index (Phi) is 8.24. The summed E-state index contributed by atoms with van der Waals surface area (Å²) in [6, 6.07) is 13.4. The Labute approximate surface area is 266 Å². The van der Waals surface area contributed by atoms with E-state index in [1.807, 2.05) is 31.2 Å². The fraction of sp³-hybridized carbons (Fsp3) is 0.382. The van der Waals surface area contributed by atoms with Crippen LogP contribution in [0.25, 0.3) is 0 Å². The van der Waals surface area contributed by atoms with Gasteiger partial charge in [-0.1, -0.05) is 25.1 Å². The van der Waals surface area contributed by atoms with E-state index in [9.17, 15) is 28.7 Å². The number of nitrogens with zero attached hydrogens (tertiary/aromatic N) is 3. The molecular formula is C34H37FN6O5. The van der Waals surface area contributed by atoms with Crippen LogP contribution < -0.4 is 16.0 Å². The van der Waals surface area contributed by atoms with Crippen LogP contribution in [0.5, 0.6) is 0 Å². The molecule has 2 aromatic carbocycles. The van der Waals surface area contributed by atoms with Crippen molar-refractivity contribution in [3.63, 3.8) is 0 Å². The molecule has 6 rings (SSSR count). The van der Waals surface area contributed by atoms with Crippen LogP contribution >= 0.6 is 0 Å². The standard InChI is InChI=1S/C34H37FN6O5/c1-33(9-12-36-13-10-33)31(44)41(19-22-5-7-25(35)14-24(22)18-40(2)32(45)46)20-28(42)38-26-8-6-21-16-34(17-23(21)15-26)27-4-3-11-37-29(27)39-30(34)43/h3-8,11,14-15,36H,9-10,12-13,16-20H2,1-2H3,(H,38,42)(H,45,46)(H,37,39,43)/t34-/m1/s1. The highest BCUT2D eigenvalue weighted by Gasteiger charge is 2.51. The number of carbonyl (C=O) groups excluding carboxylic acids is 3. The van der Waals surface area contributed by atoms with Crippen molar-refractivity contribution in [2.24, 2.45) is 5.41 Å². The lowest BCUT2D eigenvalue weighted by molar-refractivity contribution is -0.145. The van der Waals surface area contributed by atoms with Gasteiger partial charge in [-0.05, 0) is 91.4 Å². The van der Waals surface area contributed by atoms with Gasteiger partial charge in [0.05, 0.1) is 5.41 Å². The molecule has 3 heterocycles. The molecule has 0 radical (unpaired) electrons. The molecule has 1 spiro atoms. The van der Waals surface area contributed by atoms with Gasteiger partial charge in [-0.25, -0.2) is 14.2 Å². The van der Waals surface area contributed by atoms with Crippen LogP contribution in [0.4, 0.5) is 20.7 Å². The lowest BCUT2D eigenvalue weighted by Gasteiger charge is -2.37. The molecule has 12 heteroatoms. The Hall–Kier alpha value is -4.84. The Morgan fingerprint density at radius 3 is 2.54 bits per heavy atom. The SMILES string of the molecule is CN(Cc1cc(F)ccc1CN(CC(=O)Nc1ccc2c(c1)C[C@@]1(C2)C(=O)Nc2ncccc21)C(=O)C1(C)CCNCC1)C(=O)O. The average molecular weight is 629 g/mol. The third-order valence-electron chi connectivity index (χ3n) is 9.57. The number of aromatic nitrogens is 1. The summed E-state index contributed by atoms with van der Waals surface area (Å²) in [7, 11) is 1.39. The predicted octanol–water partition coefficient (Wildman–Crippen LogP) is 3.68. The van der Waals surface area contributed by atoms with Crippen molar-refractivity contribution in [3.8, 4) is 0 Å². The third kappa shape index (κ3) is 5.92. The number of amides is 4. The second-order valence-corrected chi connectivity index (χ2v) is 12.8. The first kappa shape index (κ1) is 31.2. The largest absolute Gasteiger partial charge is 0.465 e. The van der Waals surface area contributed by atoms with Gasteiger partial charge in [0.15, 0.2) is 0 Å². The topological polar surface area (TPSA) is 144 Å². The zero-order valence-corrected chi connectivity index (χ0v) is 25.9. The van der Waals surface area contributed by atoms with E-state index >= 15 is 0 Å². The number of benzene rings is 2. The van der Waals surface area contributed by atoms with E-state index in [0.717, 1.165) is 21.6 Å². The first-order valence-electron chi connectivity index (χ1n) is 15.4. The van der Waals surface area contributed by atoms with Crippen molar-refractivity contribution in [2.75, 3.05) is 37.3 Å². The summed E-state index contributed by atoms with van der Waals surface area (Å²) in [6.07, 6.45) is 2.69. The molecule has 0 bridgehead atoms. The lowest BCUT2D eigenvalue weighted by Crippen LogP contribution is -2.49. The van der Waals surface area contributed by atoms with Gasteiger partial charge >= 0.3 is 6.09 Å². The van der Waals surface area contributed by atoms with Gasteiger partial charge in [-0.15, -0.1) is 0 Å². The Bertz CT molecular complexity index is 1720. The highest BCUT2D eigenvalue weighted by molar-refractivity contribution is 6.06. The average Bonchev–Trinajstić information content (AvgIpc) is 3.54. The molecule has 11 nitrogen and oxygen atoms in total. The number of halogens is 1. The lowest BCUT2D eigenvalue weighted by atomic mass is 9.79. The van der Waals surface area contributed by atoms with Gasteiger partial charge in [0.25, 0.3) is 0 Å². The maximum absolute atomic E-state index is 14.2. The molecule has 1 aliphatic carbocycles. The van der Waals surface area contributed by atoms with Crippen molar-refractivity contribution in [1.82, 2.24) is 20.1 Å². The molecule has 3 aromatic rings. The first-order valence-corrected chi connectivity index (χ1v) is 15.4. The molecule has 1 saturated heterocycles. The van der Waals surface area contributed by atoms with Crippen LogP contribution in [0.2, 0.25) is 0 Å². The molecule has 4 N–H and O–H groups in total. The number of carboxylic acid groups (broad SMARTS) is 1. The summed E-state index contributed by atoms with van der Waals surface area (Å²) >= 11 is 0. The normalized spacial score (nSPS) is 19.2. The summed E-state index contributed by atoms with van der Waals surface area (Å²) in [6.45, 7) is 2.91. The molecule has 1 atom stereocenters. The van der Waals surface area contributed by atoms with Crippen LogP contribution in [0.1, 0.15) is 47.6 Å². The van der Waals surface area contributed by atoms with Crippen molar-refractivity contribution < 1.29 is 28.7 Å². The summed E-state index contributed by atoms with van der Waals surface area (Å²) in [5, 5.41) is 18.5. The second-order valence-electron chi connectivity index (χ2n) is 12.8. The highest BCUT2D eigenvalue weighted by atomic mass is 19.1. The number of hydrogen-bond acceptors (Lipinski definition) is 6.